The molecule has 116 valence electrons. The van der Waals surface area contributed by atoms with Crippen molar-refractivity contribution >= 4 is 21.4 Å². The normalized spacial score (nSPS) is 18.0. The number of nitrogens with two attached hydrogens (primary N) is 1. The molecule has 1 aromatic carbocycles. The second-order valence-electron chi connectivity index (χ2n) is 5.46. The van der Waals surface area contributed by atoms with Crippen molar-refractivity contribution in [2.75, 3.05) is 18.8 Å². The van der Waals surface area contributed by atoms with E-state index in [9.17, 15) is 13.2 Å². The molecule has 1 saturated heterocycles. The van der Waals surface area contributed by atoms with Gasteiger partial charge < -0.3 is 10.6 Å². The summed E-state index contributed by atoms with van der Waals surface area (Å²) in [4.78, 5) is 14.2. The second-order valence-corrected chi connectivity index (χ2v) is 7.70. The van der Waals surface area contributed by atoms with E-state index in [-0.39, 0.29) is 16.5 Å². The Hall–Kier alpha value is -1.56. The number of hydrogen-bond acceptors (Lipinski definition) is 4. The van der Waals surface area contributed by atoms with Gasteiger partial charge in [0.25, 0.3) is 0 Å². The zero-order valence-electron chi connectivity index (χ0n) is 12.3. The van der Waals surface area contributed by atoms with E-state index >= 15 is 0 Å². The highest BCUT2D eigenvalue weighted by Crippen LogP contribution is 2.24. The summed E-state index contributed by atoms with van der Waals surface area (Å²) in [6, 6.07) is 6.29. The summed E-state index contributed by atoms with van der Waals surface area (Å²) in [5.41, 5.74) is 5.93. The zero-order chi connectivity index (χ0) is 15.5. The van der Waals surface area contributed by atoms with Gasteiger partial charge in [-0.1, -0.05) is 25.0 Å². The topological polar surface area (TPSA) is 80.5 Å². The number of para-hydroxylation sites is 1. The number of carbonyl (C=O) groups is 1. The lowest BCUT2D eigenvalue weighted by Crippen LogP contribution is -2.42. The molecule has 0 spiro atoms. The summed E-state index contributed by atoms with van der Waals surface area (Å²) in [6.45, 7) is 2.74. The lowest BCUT2D eigenvalue weighted by Gasteiger charge is -2.24. The first-order valence-corrected chi connectivity index (χ1v) is 8.86. The van der Waals surface area contributed by atoms with Gasteiger partial charge >= 0.3 is 0 Å². The third-order valence-electron chi connectivity index (χ3n) is 3.96. The Bertz CT molecular complexity index is 605. The molecule has 0 saturated carbocycles. The standard InChI is InChI=1S/C15H22N2O3S/c1-12(15(18)17-10-6-2-3-7-11-17)21(19,20)14-9-5-4-8-13(14)16/h4-5,8-9,12H,2-3,6-7,10-11,16H2,1H3. The smallest absolute Gasteiger partial charge is 0.241 e. The van der Waals surface area contributed by atoms with Gasteiger partial charge in [-0.05, 0) is 31.9 Å². The molecule has 1 aliphatic heterocycles. The van der Waals surface area contributed by atoms with Crippen molar-refractivity contribution in [3.05, 3.63) is 24.3 Å². The summed E-state index contributed by atoms with van der Waals surface area (Å²) in [5.74, 6) is -0.319. The van der Waals surface area contributed by atoms with Crippen molar-refractivity contribution < 1.29 is 13.2 Å². The number of benzene rings is 1. The van der Waals surface area contributed by atoms with E-state index in [4.69, 9.17) is 5.73 Å². The third-order valence-corrected chi connectivity index (χ3v) is 6.07. The Morgan fingerprint density at radius 2 is 1.71 bits per heavy atom. The van der Waals surface area contributed by atoms with Crippen LogP contribution in [0, 0.1) is 0 Å². The van der Waals surface area contributed by atoms with Crippen LogP contribution in [-0.2, 0) is 14.6 Å². The molecular formula is C15H22N2O3S. The van der Waals surface area contributed by atoms with E-state index in [1.807, 2.05) is 0 Å². The molecule has 0 bridgehead atoms. The highest BCUT2D eigenvalue weighted by atomic mass is 32.2. The number of carbonyl (C=O) groups excluding carboxylic acids is 1. The molecule has 0 aromatic heterocycles. The minimum absolute atomic E-state index is 0.0423. The number of hydrogen-bond donors (Lipinski definition) is 1. The Morgan fingerprint density at radius 1 is 1.14 bits per heavy atom. The predicted molar refractivity (Wildman–Crippen MR) is 82.6 cm³/mol. The van der Waals surface area contributed by atoms with Crippen molar-refractivity contribution in [1.82, 2.24) is 4.90 Å². The van der Waals surface area contributed by atoms with Gasteiger partial charge in [-0.25, -0.2) is 8.42 Å². The lowest BCUT2D eigenvalue weighted by molar-refractivity contribution is -0.130. The van der Waals surface area contributed by atoms with Crippen LogP contribution in [0.15, 0.2) is 29.2 Å². The molecule has 2 rings (SSSR count). The molecule has 1 heterocycles. The molecule has 1 unspecified atom stereocenters. The molecule has 1 fully saturated rings. The van der Waals surface area contributed by atoms with E-state index in [1.54, 1.807) is 17.0 Å². The molecular weight excluding hydrogens is 288 g/mol. The van der Waals surface area contributed by atoms with Crippen LogP contribution in [-0.4, -0.2) is 37.6 Å². The Labute approximate surface area is 126 Å². The zero-order valence-corrected chi connectivity index (χ0v) is 13.1. The summed E-state index contributed by atoms with van der Waals surface area (Å²) < 4.78 is 25.2. The number of likely N-dealkylation sites (tertiary alicyclic amines) is 1. The van der Waals surface area contributed by atoms with Crippen LogP contribution in [0.2, 0.25) is 0 Å². The summed E-state index contributed by atoms with van der Waals surface area (Å²) in [5, 5.41) is -1.10. The molecule has 1 amide bonds. The van der Waals surface area contributed by atoms with Crippen molar-refractivity contribution in [1.29, 1.82) is 0 Å². The summed E-state index contributed by atoms with van der Waals surface area (Å²) >= 11 is 0. The van der Waals surface area contributed by atoms with Gasteiger partial charge in [0.2, 0.25) is 5.91 Å². The van der Waals surface area contributed by atoms with Crippen LogP contribution >= 0.6 is 0 Å². The summed E-state index contributed by atoms with van der Waals surface area (Å²) in [6.07, 6.45) is 4.06. The fourth-order valence-corrected chi connectivity index (χ4v) is 4.07. The van der Waals surface area contributed by atoms with Gasteiger partial charge in [0, 0.05) is 13.1 Å². The molecule has 6 heteroatoms. The molecule has 1 atom stereocenters. The van der Waals surface area contributed by atoms with Gasteiger partial charge in [0.15, 0.2) is 9.84 Å². The van der Waals surface area contributed by atoms with E-state index < -0.39 is 15.1 Å². The van der Waals surface area contributed by atoms with Gasteiger partial charge in [-0.15, -0.1) is 0 Å². The average molecular weight is 310 g/mol. The maximum absolute atomic E-state index is 12.6. The fraction of sp³-hybridized carbons (Fsp3) is 0.533. The Morgan fingerprint density at radius 3 is 2.29 bits per heavy atom. The van der Waals surface area contributed by atoms with Crippen LogP contribution in [0.4, 0.5) is 5.69 Å². The minimum Gasteiger partial charge on any atom is -0.398 e. The average Bonchev–Trinajstić information content (AvgIpc) is 2.75. The highest BCUT2D eigenvalue weighted by molar-refractivity contribution is 7.93. The minimum atomic E-state index is -3.75. The second kappa shape index (κ2) is 6.47. The van der Waals surface area contributed by atoms with Crippen molar-refractivity contribution in [3.8, 4) is 0 Å². The van der Waals surface area contributed by atoms with Crippen LogP contribution in [0.25, 0.3) is 0 Å². The Kier molecular flexibility index (Phi) is 4.88. The number of sulfone groups is 1. The third kappa shape index (κ3) is 3.37. The molecule has 0 aliphatic carbocycles. The predicted octanol–water partition coefficient (Wildman–Crippen LogP) is 1.83. The number of nitrogens with zero attached hydrogens (tertiary/aromatic N) is 1. The lowest BCUT2D eigenvalue weighted by atomic mass is 10.2. The number of nitrogen functional groups attached to an aromatic ring is 1. The molecule has 21 heavy (non-hydrogen) atoms. The van der Waals surface area contributed by atoms with Crippen molar-refractivity contribution in [3.63, 3.8) is 0 Å². The van der Waals surface area contributed by atoms with E-state index in [2.05, 4.69) is 0 Å². The largest absolute Gasteiger partial charge is 0.398 e. The van der Waals surface area contributed by atoms with Crippen molar-refractivity contribution in [2.24, 2.45) is 0 Å². The fourth-order valence-electron chi connectivity index (χ4n) is 2.61. The molecule has 0 radical (unpaired) electrons. The van der Waals surface area contributed by atoms with Crippen LogP contribution in [0.5, 0.6) is 0 Å². The monoisotopic (exact) mass is 310 g/mol. The number of rotatable bonds is 3. The quantitative estimate of drug-likeness (QED) is 0.864. The molecule has 2 N–H and O–H groups in total. The van der Waals surface area contributed by atoms with Gasteiger partial charge in [0.05, 0.1) is 10.6 Å². The van der Waals surface area contributed by atoms with Gasteiger partial charge in [-0.3, -0.25) is 4.79 Å². The molecule has 1 aromatic rings. The maximum Gasteiger partial charge on any atom is 0.241 e. The van der Waals surface area contributed by atoms with E-state index in [1.165, 1.54) is 19.1 Å². The first kappa shape index (κ1) is 15.8. The van der Waals surface area contributed by atoms with Crippen LogP contribution < -0.4 is 5.73 Å². The van der Waals surface area contributed by atoms with Crippen LogP contribution in [0.3, 0.4) is 0 Å². The highest BCUT2D eigenvalue weighted by Gasteiger charge is 2.34. The van der Waals surface area contributed by atoms with Gasteiger partial charge in [0.1, 0.15) is 5.25 Å². The van der Waals surface area contributed by atoms with E-state index in [0.717, 1.165) is 25.7 Å². The number of anilines is 1. The molecule has 5 nitrogen and oxygen atoms in total. The Balaban J connectivity index is 2.23. The van der Waals surface area contributed by atoms with Crippen LogP contribution in [0.1, 0.15) is 32.6 Å². The maximum atomic E-state index is 12.6. The summed E-state index contributed by atoms with van der Waals surface area (Å²) in [7, 11) is -3.75. The first-order chi connectivity index (χ1) is 9.94. The first-order valence-electron chi connectivity index (χ1n) is 7.32. The van der Waals surface area contributed by atoms with E-state index in [0.29, 0.717) is 13.1 Å². The van der Waals surface area contributed by atoms with Crippen molar-refractivity contribution in [2.45, 2.75) is 42.8 Å². The SMILES string of the molecule is CC(C(=O)N1CCCCCC1)S(=O)(=O)c1ccccc1N. The van der Waals surface area contributed by atoms with Gasteiger partial charge in [-0.2, -0.15) is 0 Å². The number of amides is 1. The molecule has 1 aliphatic rings.